The molecular weight excluding hydrogens is 278 g/mol. The predicted molar refractivity (Wildman–Crippen MR) is 78.4 cm³/mol. The molecule has 20 heavy (non-hydrogen) atoms. The molecule has 0 unspecified atom stereocenters. The van der Waals surface area contributed by atoms with Gasteiger partial charge in [-0.25, -0.2) is 14.8 Å². The van der Waals surface area contributed by atoms with Gasteiger partial charge in [0, 0.05) is 13.2 Å². The number of hydrogen-bond acceptors (Lipinski definition) is 7. The van der Waals surface area contributed by atoms with E-state index in [2.05, 4.69) is 15.3 Å². The van der Waals surface area contributed by atoms with Crippen LogP contribution in [-0.4, -0.2) is 41.3 Å². The lowest BCUT2D eigenvalue weighted by molar-refractivity contribution is 0.0605. The van der Waals surface area contributed by atoms with Gasteiger partial charge in [0.2, 0.25) is 0 Å². The Morgan fingerprint density at radius 2 is 2.15 bits per heavy atom. The van der Waals surface area contributed by atoms with Crippen LogP contribution in [0.4, 0.5) is 5.82 Å². The number of ether oxygens (including phenoxy) is 1. The molecule has 0 radical (unpaired) electrons. The number of rotatable bonds is 5. The first kappa shape index (κ1) is 14.7. The fourth-order valence-corrected chi connectivity index (χ4v) is 3.09. The van der Waals surface area contributed by atoms with Crippen molar-refractivity contribution in [2.45, 2.75) is 20.3 Å². The van der Waals surface area contributed by atoms with E-state index in [1.807, 2.05) is 13.8 Å². The Bertz CT molecular complexity index is 639. The van der Waals surface area contributed by atoms with E-state index in [1.165, 1.54) is 18.4 Å². The molecule has 0 saturated heterocycles. The Kier molecular flexibility index (Phi) is 4.51. The molecule has 6 nitrogen and oxygen atoms in total. The predicted octanol–water partition coefficient (Wildman–Crippen LogP) is 1.89. The van der Waals surface area contributed by atoms with E-state index >= 15 is 0 Å². The Labute approximate surface area is 120 Å². The zero-order valence-electron chi connectivity index (χ0n) is 11.7. The van der Waals surface area contributed by atoms with Crippen LogP contribution >= 0.6 is 11.3 Å². The van der Waals surface area contributed by atoms with Gasteiger partial charge in [0.05, 0.1) is 12.5 Å². The van der Waals surface area contributed by atoms with E-state index in [1.54, 1.807) is 0 Å². The summed E-state index contributed by atoms with van der Waals surface area (Å²) in [5.41, 5.74) is 0.823. The molecule has 2 aromatic rings. The SMILES string of the molecule is COC(=O)c1sc2nc(C)nc(NCCCO)c2c1C. The average molecular weight is 295 g/mol. The van der Waals surface area contributed by atoms with Crippen molar-refractivity contribution in [3.05, 3.63) is 16.3 Å². The van der Waals surface area contributed by atoms with Gasteiger partial charge < -0.3 is 15.2 Å². The van der Waals surface area contributed by atoms with Crippen molar-refractivity contribution in [3.8, 4) is 0 Å². The number of hydrogen-bond donors (Lipinski definition) is 2. The smallest absolute Gasteiger partial charge is 0.348 e. The van der Waals surface area contributed by atoms with Crippen molar-refractivity contribution < 1.29 is 14.6 Å². The Balaban J connectivity index is 2.51. The second-order valence-corrected chi connectivity index (χ2v) is 5.35. The minimum absolute atomic E-state index is 0.121. The summed E-state index contributed by atoms with van der Waals surface area (Å²) in [4.78, 5) is 21.8. The van der Waals surface area contributed by atoms with Crippen molar-refractivity contribution in [1.82, 2.24) is 9.97 Å². The number of thiophene rings is 1. The van der Waals surface area contributed by atoms with Crippen LogP contribution in [0.25, 0.3) is 10.2 Å². The van der Waals surface area contributed by atoms with E-state index in [0.717, 1.165) is 15.8 Å². The second kappa shape index (κ2) is 6.15. The highest BCUT2D eigenvalue weighted by Gasteiger charge is 2.20. The highest BCUT2D eigenvalue weighted by Crippen LogP contribution is 2.34. The third-order valence-electron chi connectivity index (χ3n) is 2.90. The fraction of sp³-hybridized carbons (Fsp3) is 0.462. The van der Waals surface area contributed by atoms with Crippen LogP contribution in [0.1, 0.15) is 27.5 Å². The highest BCUT2D eigenvalue weighted by molar-refractivity contribution is 7.20. The highest BCUT2D eigenvalue weighted by atomic mass is 32.1. The summed E-state index contributed by atoms with van der Waals surface area (Å²) < 4.78 is 4.79. The molecule has 0 saturated carbocycles. The summed E-state index contributed by atoms with van der Waals surface area (Å²) in [6.45, 7) is 4.41. The Morgan fingerprint density at radius 1 is 1.40 bits per heavy atom. The number of aliphatic hydroxyl groups is 1. The molecule has 2 rings (SSSR count). The quantitative estimate of drug-likeness (QED) is 0.647. The van der Waals surface area contributed by atoms with Crippen LogP contribution < -0.4 is 5.32 Å². The Hall–Kier alpha value is -1.73. The molecule has 2 N–H and O–H groups in total. The zero-order valence-corrected chi connectivity index (χ0v) is 12.5. The van der Waals surface area contributed by atoms with Crippen molar-refractivity contribution in [1.29, 1.82) is 0 Å². The van der Waals surface area contributed by atoms with Gasteiger partial charge >= 0.3 is 5.97 Å². The lowest BCUT2D eigenvalue weighted by Crippen LogP contribution is -2.07. The van der Waals surface area contributed by atoms with Crippen LogP contribution in [0, 0.1) is 13.8 Å². The van der Waals surface area contributed by atoms with Gasteiger partial charge in [-0.3, -0.25) is 0 Å². The minimum Gasteiger partial charge on any atom is -0.465 e. The lowest BCUT2D eigenvalue weighted by Gasteiger charge is -2.07. The molecule has 0 aliphatic heterocycles. The van der Waals surface area contributed by atoms with Gasteiger partial charge in [-0.05, 0) is 25.8 Å². The monoisotopic (exact) mass is 295 g/mol. The van der Waals surface area contributed by atoms with Crippen LogP contribution in [0.15, 0.2) is 0 Å². The van der Waals surface area contributed by atoms with Gasteiger partial charge in [-0.1, -0.05) is 0 Å². The number of carbonyl (C=O) groups is 1. The number of nitrogens with one attached hydrogen (secondary N) is 1. The van der Waals surface area contributed by atoms with Crippen LogP contribution in [0.3, 0.4) is 0 Å². The first-order valence-corrected chi connectivity index (χ1v) is 7.11. The molecule has 0 aromatic carbocycles. The maximum absolute atomic E-state index is 11.7. The molecule has 2 aromatic heterocycles. The molecule has 2 heterocycles. The molecular formula is C13H17N3O3S. The maximum atomic E-state index is 11.7. The molecule has 0 aliphatic carbocycles. The number of aryl methyl sites for hydroxylation is 2. The average Bonchev–Trinajstić information content (AvgIpc) is 2.75. The van der Waals surface area contributed by atoms with Crippen molar-refractivity contribution in [3.63, 3.8) is 0 Å². The van der Waals surface area contributed by atoms with Gasteiger partial charge in [0.1, 0.15) is 21.3 Å². The van der Waals surface area contributed by atoms with E-state index in [0.29, 0.717) is 29.5 Å². The minimum atomic E-state index is -0.357. The summed E-state index contributed by atoms with van der Waals surface area (Å²) in [5, 5.41) is 12.9. The van der Waals surface area contributed by atoms with E-state index in [4.69, 9.17) is 9.84 Å². The maximum Gasteiger partial charge on any atom is 0.348 e. The van der Waals surface area contributed by atoms with E-state index in [9.17, 15) is 4.79 Å². The summed E-state index contributed by atoms with van der Waals surface area (Å²) >= 11 is 1.31. The third-order valence-corrected chi connectivity index (χ3v) is 4.07. The summed E-state index contributed by atoms with van der Waals surface area (Å²) in [6.07, 6.45) is 0.636. The standard InChI is InChI=1S/C13H17N3O3S/c1-7-9-11(14-5-4-6-17)15-8(2)16-12(9)20-10(7)13(18)19-3/h17H,4-6H2,1-3H3,(H,14,15,16). The van der Waals surface area contributed by atoms with Crippen molar-refractivity contribution in [2.24, 2.45) is 0 Å². The number of anilines is 1. The molecule has 0 bridgehead atoms. The lowest BCUT2D eigenvalue weighted by atomic mass is 10.2. The normalized spacial score (nSPS) is 10.8. The van der Waals surface area contributed by atoms with Gasteiger partial charge in [0.25, 0.3) is 0 Å². The third kappa shape index (κ3) is 2.73. The largest absolute Gasteiger partial charge is 0.465 e. The molecule has 0 spiro atoms. The number of methoxy groups -OCH3 is 1. The summed E-state index contributed by atoms with van der Waals surface area (Å²) in [7, 11) is 1.36. The van der Waals surface area contributed by atoms with Crippen LogP contribution in [-0.2, 0) is 4.74 Å². The number of carbonyl (C=O) groups excluding carboxylic acids is 1. The molecule has 7 heteroatoms. The van der Waals surface area contributed by atoms with E-state index < -0.39 is 0 Å². The number of fused-ring (bicyclic) bond motifs is 1. The molecule has 0 atom stereocenters. The van der Waals surface area contributed by atoms with Gasteiger partial charge in [0.15, 0.2) is 0 Å². The second-order valence-electron chi connectivity index (χ2n) is 4.35. The van der Waals surface area contributed by atoms with Crippen molar-refractivity contribution >= 4 is 33.3 Å². The van der Waals surface area contributed by atoms with Crippen LogP contribution in [0.2, 0.25) is 0 Å². The van der Waals surface area contributed by atoms with Gasteiger partial charge in [-0.2, -0.15) is 0 Å². The van der Waals surface area contributed by atoms with Crippen LogP contribution in [0.5, 0.6) is 0 Å². The Morgan fingerprint density at radius 3 is 2.80 bits per heavy atom. The topological polar surface area (TPSA) is 84.3 Å². The number of aliphatic hydroxyl groups excluding tert-OH is 1. The number of aromatic nitrogens is 2. The zero-order chi connectivity index (χ0) is 14.7. The van der Waals surface area contributed by atoms with Gasteiger partial charge in [-0.15, -0.1) is 11.3 Å². The summed E-state index contributed by atoms with van der Waals surface area (Å²) in [5.74, 6) is 0.982. The molecule has 0 aliphatic rings. The molecule has 0 fully saturated rings. The fourth-order valence-electron chi connectivity index (χ4n) is 1.95. The summed E-state index contributed by atoms with van der Waals surface area (Å²) in [6, 6.07) is 0. The molecule has 0 amide bonds. The number of esters is 1. The first-order chi connectivity index (χ1) is 9.58. The van der Waals surface area contributed by atoms with E-state index in [-0.39, 0.29) is 12.6 Å². The first-order valence-electron chi connectivity index (χ1n) is 6.29. The van der Waals surface area contributed by atoms with Crippen molar-refractivity contribution in [2.75, 3.05) is 25.6 Å². The number of nitrogens with zero attached hydrogens (tertiary/aromatic N) is 2. The molecule has 108 valence electrons.